The van der Waals surface area contributed by atoms with Crippen molar-refractivity contribution in [1.82, 2.24) is 0 Å². The van der Waals surface area contributed by atoms with Crippen LogP contribution in [0.3, 0.4) is 0 Å². The van der Waals surface area contributed by atoms with Gasteiger partial charge in [-0.3, -0.25) is 4.21 Å². The van der Waals surface area contributed by atoms with Gasteiger partial charge < -0.3 is 14.4 Å². The molecule has 0 radical (unpaired) electrons. The smallest absolute Gasteiger partial charge is 0.105 e. The summed E-state index contributed by atoms with van der Waals surface area (Å²) in [6.07, 6.45) is -0.234. The van der Waals surface area contributed by atoms with Crippen LogP contribution < -0.4 is 0 Å². The molecule has 0 aromatic rings. The van der Waals surface area contributed by atoms with Crippen LogP contribution in [0.4, 0.5) is 0 Å². The van der Waals surface area contributed by atoms with E-state index in [1.54, 1.807) is 6.92 Å². The van der Waals surface area contributed by atoms with E-state index in [9.17, 15) is 13.9 Å². The van der Waals surface area contributed by atoms with Gasteiger partial charge in [-0.2, -0.15) is 0 Å². The molecule has 0 aromatic heterocycles. The number of fused-ring (bicyclic) bond motifs is 2. The third-order valence-electron chi connectivity index (χ3n) is 3.40. The van der Waals surface area contributed by atoms with Gasteiger partial charge in [-0.1, -0.05) is 6.92 Å². The second kappa shape index (κ2) is 2.76. The van der Waals surface area contributed by atoms with Gasteiger partial charge in [-0.25, -0.2) is 0 Å². The highest BCUT2D eigenvalue weighted by Crippen LogP contribution is 2.48. The first-order valence-electron chi connectivity index (χ1n) is 4.40. The van der Waals surface area contributed by atoms with Crippen molar-refractivity contribution < 1.29 is 18.6 Å². The second-order valence-electron chi connectivity index (χ2n) is 4.13. The van der Waals surface area contributed by atoms with Gasteiger partial charge in [0.05, 0.1) is 17.5 Å². The molecule has 2 aliphatic heterocycles. The lowest BCUT2D eigenvalue weighted by atomic mass is 9.80. The minimum Gasteiger partial charge on any atom is -0.772 e. The molecule has 0 aliphatic carbocycles. The van der Waals surface area contributed by atoms with Gasteiger partial charge in [0, 0.05) is 5.92 Å². The van der Waals surface area contributed by atoms with Crippen LogP contribution in [-0.4, -0.2) is 36.9 Å². The highest BCUT2D eigenvalue weighted by Gasteiger charge is 2.60. The zero-order chi connectivity index (χ0) is 9.80. The Labute approximate surface area is 79.6 Å². The molecule has 2 fully saturated rings. The summed E-state index contributed by atoms with van der Waals surface area (Å²) < 4.78 is 27.2. The molecule has 0 saturated carbocycles. The first kappa shape index (κ1) is 9.58. The molecule has 2 saturated heterocycles. The van der Waals surface area contributed by atoms with Gasteiger partial charge in [-0.05, 0) is 24.4 Å². The van der Waals surface area contributed by atoms with Crippen molar-refractivity contribution in [2.75, 3.05) is 0 Å². The normalized spacial score (nSPS) is 56.9. The lowest BCUT2D eigenvalue weighted by molar-refractivity contribution is -0.0298. The van der Waals surface area contributed by atoms with Crippen molar-refractivity contribution in [3.05, 3.63) is 0 Å². The van der Waals surface area contributed by atoms with Crippen molar-refractivity contribution in [3.63, 3.8) is 0 Å². The van der Waals surface area contributed by atoms with Crippen LogP contribution in [0.5, 0.6) is 0 Å². The van der Waals surface area contributed by atoms with Crippen LogP contribution in [0, 0.1) is 5.92 Å². The summed E-state index contributed by atoms with van der Waals surface area (Å²) in [6, 6.07) is 0. The summed E-state index contributed by atoms with van der Waals surface area (Å²) in [6.45, 7) is 3.58. The molecule has 0 aromatic carbocycles. The van der Waals surface area contributed by atoms with E-state index in [2.05, 4.69) is 0 Å². The average Bonchev–Trinajstić information content (AvgIpc) is 2.49. The number of aliphatic hydroxyl groups is 1. The minimum atomic E-state index is -2.15. The van der Waals surface area contributed by atoms with E-state index in [1.807, 2.05) is 6.92 Å². The first-order chi connectivity index (χ1) is 5.97. The largest absolute Gasteiger partial charge is 0.772 e. The maximum absolute atomic E-state index is 10.9. The van der Waals surface area contributed by atoms with Crippen molar-refractivity contribution >= 4 is 11.1 Å². The minimum absolute atomic E-state index is 0.0461. The molecule has 6 unspecified atom stereocenters. The quantitative estimate of drug-likeness (QED) is 0.601. The van der Waals surface area contributed by atoms with Crippen molar-refractivity contribution in [2.45, 2.75) is 43.3 Å². The topological polar surface area (TPSA) is 69.6 Å². The molecule has 0 amide bonds. The van der Waals surface area contributed by atoms with Gasteiger partial charge >= 0.3 is 0 Å². The predicted octanol–water partition coefficient (Wildman–Crippen LogP) is -0.208. The summed E-state index contributed by atoms with van der Waals surface area (Å²) in [7, 11) is 0. The second-order valence-corrected chi connectivity index (χ2v) is 5.22. The van der Waals surface area contributed by atoms with Crippen LogP contribution in [0.1, 0.15) is 20.3 Å². The number of aliphatic hydroxyl groups excluding tert-OH is 1. The van der Waals surface area contributed by atoms with Crippen LogP contribution in [0.25, 0.3) is 0 Å². The van der Waals surface area contributed by atoms with Gasteiger partial charge in [0.1, 0.15) is 5.60 Å². The van der Waals surface area contributed by atoms with Gasteiger partial charge in [0.2, 0.25) is 0 Å². The summed E-state index contributed by atoms with van der Waals surface area (Å²) >= 11 is -2.15. The van der Waals surface area contributed by atoms with Gasteiger partial charge in [-0.15, -0.1) is 0 Å². The fourth-order valence-corrected chi connectivity index (χ4v) is 3.40. The Kier molecular flexibility index (Phi) is 2.03. The van der Waals surface area contributed by atoms with E-state index in [1.165, 1.54) is 0 Å². The summed E-state index contributed by atoms with van der Waals surface area (Å²) in [4.78, 5) is 0. The van der Waals surface area contributed by atoms with Crippen LogP contribution >= 0.6 is 0 Å². The molecule has 76 valence electrons. The SMILES string of the molecule is CC1C2CC(S(=O)[O-])C(C)(O2)C1O. The Morgan fingerprint density at radius 2 is 2.31 bits per heavy atom. The predicted molar refractivity (Wildman–Crippen MR) is 45.8 cm³/mol. The molecular weight excluding hydrogens is 192 g/mol. The van der Waals surface area contributed by atoms with Crippen LogP contribution in [-0.2, 0) is 15.8 Å². The van der Waals surface area contributed by atoms with E-state index < -0.39 is 28.0 Å². The molecule has 6 atom stereocenters. The molecule has 13 heavy (non-hydrogen) atoms. The van der Waals surface area contributed by atoms with E-state index in [-0.39, 0.29) is 12.0 Å². The lowest BCUT2D eigenvalue weighted by Crippen LogP contribution is -2.50. The standard InChI is InChI=1S/C8H14O4S/c1-4-5-3-6(13(10)11)8(2,12-5)7(4)9/h4-7,9H,3H2,1-2H3,(H,10,11)/p-1. The molecule has 0 spiro atoms. The first-order valence-corrected chi connectivity index (χ1v) is 5.54. The maximum atomic E-state index is 10.9. The Morgan fingerprint density at radius 3 is 2.69 bits per heavy atom. The lowest BCUT2D eigenvalue weighted by Gasteiger charge is -2.36. The summed E-state index contributed by atoms with van der Waals surface area (Å²) in [5.74, 6) is 0.0461. The third-order valence-corrected chi connectivity index (χ3v) is 4.52. The highest BCUT2D eigenvalue weighted by molar-refractivity contribution is 7.79. The third kappa shape index (κ3) is 1.11. The number of rotatable bonds is 1. The number of ether oxygens (including phenoxy) is 1. The zero-order valence-electron chi connectivity index (χ0n) is 7.60. The molecule has 2 heterocycles. The number of hydrogen-bond donors (Lipinski definition) is 1. The monoisotopic (exact) mass is 205 g/mol. The Morgan fingerprint density at radius 1 is 1.69 bits per heavy atom. The maximum Gasteiger partial charge on any atom is 0.105 e. The van der Waals surface area contributed by atoms with E-state index in [0.717, 1.165) is 0 Å². The number of hydrogen-bond acceptors (Lipinski definition) is 4. The Hall–Kier alpha value is 0.0300. The van der Waals surface area contributed by atoms with Crippen molar-refractivity contribution in [1.29, 1.82) is 0 Å². The van der Waals surface area contributed by atoms with E-state index in [4.69, 9.17) is 4.74 Å². The molecule has 2 bridgehead atoms. The highest BCUT2D eigenvalue weighted by atomic mass is 32.2. The van der Waals surface area contributed by atoms with Gasteiger partial charge in [0.25, 0.3) is 0 Å². The van der Waals surface area contributed by atoms with Gasteiger partial charge in [0.15, 0.2) is 0 Å². The fraction of sp³-hybridized carbons (Fsp3) is 1.00. The molecule has 4 nitrogen and oxygen atoms in total. The Bertz CT molecular complexity index is 257. The zero-order valence-corrected chi connectivity index (χ0v) is 8.41. The molecular formula is C8H13O4S-. The molecule has 5 heteroatoms. The van der Waals surface area contributed by atoms with Crippen LogP contribution in [0.15, 0.2) is 0 Å². The average molecular weight is 205 g/mol. The fourth-order valence-electron chi connectivity index (χ4n) is 2.47. The summed E-state index contributed by atoms with van der Waals surface area (Å²) in [5, 5.41) is 9.22. The Balaban J connectivity index is 2.29. The van der Waals surface area contributed by atoms with E-state index in [0.29, 0.717) is 6.42 Å². The van der Waals surface area contributed by atoms with Crippen LogP contribution in [0.2, 0.25) is 0 Å². The van der Waals surface area contributed by atoms with Crippen molar-refractivity contribution in [3.8, 4) is 0 Å². The molecule has 1 N–H and O–H groups in total. The molecule has 2 rings (SSSR count). The summed E-state index contributed by atoms with van der Waals surface area (Å²) in [5.41, 5.74) is -0.878. The van der Waals surface area contributed by atoms with E-state index >= 15 is 0 Å². The molecule has 2 aliphatic rings. The van der Waals surface area contributed by atoms with Crippen molar-refractivity contribution in [2.24, 2.45) is 5.92 Å².